The van der Waals surface area contributed by atoms with Crippen molar-refractivity contribution >= 4 is 23.0 Å². The monoisotopic (exact) mass is 311 g/mol. The highest BCUT2D eigenvalue weighted by Gasteiger charge is 2.17. The minimum atomic E-state index is -0.448. The Morgan fingerprint density at radius 1 is 1.38 bits per heavy atom. The summed E-state index contributed by atoms with van der Waals surface area (Å²) >= 11 is 5.98. The molecule has 2 rings (SSSR count). The van der Waals surface area contributed by atoms with Crippen molar-refractivity contribution in [1.82, 2.24) is 4.90 Å². The van der Waals surface area contributed by atoms with E-state index >= 15 is 0 Å². The Morgan fingerprint density at radius 2 is 2.05 bits per heavy atom. The number of aryl methyl sites for hydroxylation is 1. The summed E-state index contributed by atoms with van der Waals surface area (Å²) in [7, 11) is 0. The summed E-state index contributed by atoms with van der Waals surface area (Å²) in [6.07, 6.45) is 3.87. The lowest BCUT2D eigenvalue weighted by Crippen LogP contribution is -2.38. The highest BCUT2D eigenvalue weighted by Crippen LogP contribution is 2.30. The molecule has 0 radical (unpaired) electrons. The molecule has 0 aromatic heterocycles. The highest BCUT2D eigenvalue weighted by molar-refractivity contribution is 6.33. The molecule has 1 fully saturated rings. The Labute approximate surface area is 130 Å². The number of halogens is 1. The van der Waals surface area contributed by atoms with Gasteiger partial charge in [-0.05, 0) is 51.4 Å². The topological polar surface area (TPSA) is 58.4 Å². The highest BCUT2D eigenvalue weighted by atomic mass is 35.5. The van der Waals surface area contributed by atoms with E-state index in [1.807, 2.05) is 6.92 Å². The Bertz CT molecular complexity index is 516. The van der Waals surface area contributed by atoms with Gasteiger partial charge in [-0.3, -0.25) is 10.1 Å². The number of nitrogens with one attached hydrogen (secondary N) is 1. The lowest BCUT2D eigenvalue weighted by Gasteiger charge is -2.30. The summed E-state index contributed by atoms with van der Waals surface area (Å²) in [5, 5.41) is 14.5. The number of likely N-dealkylation sites (tertiary alicyclic amines) is 1. The number of nitro benzene ring substituents is 1. The van der Waals surface area contributed by atoms with Crippen LogP contribution in [-0.4, -0.2) is 35.5 Å². The molecule has 1 aromatic carbocycles. The third-order valence-electron chi connectivity index (χ3n) is 3.87. The number of nitro groups is 1. The van der Waals surface area contributed by atoms with E-state index in [4.69, 9.17) is 11.6 Å². The summed E-state index contributed by atoms with van der Waals surface area (Å²) in [5.41, 5.74) is 1.68. The van der Waals surface area contributed by atoms with Gasteiger partial charge in [-0.15, -0.1) is 0 Å². The van der Waals surface area contributed by atoms with Crippen LogP contribution in [0.1, 0.15) is 31.7 Å². The quantitative estimate of drug-likeness (QED) is 0.663. The fourth-order valence-electron chi connectivity index (χ4n) is 2.80. The van der Waals surface area contributed by atoms with Gasteiger partial charge >= 0.3 is 0 Å². The van der Waals surface area contributed by atoms with Crippen LogP contribution < -0.4 is 5.32 Å². The van der Waals surface area contributed by atoms with E-state index < -0.39 is 4.92 Å². The van der Waals surface area contributed by atoms with Crippen LogP contribution in [0, 0.1) is 17.0 Å². The molecule has 1 unspecified atom stereocenters. The minimum absolute atomic E-state index is 0.0385. The molecule has 0 spiro atoms. The summed E-state index contributed by atoms with van der Waals surface area (Å²) in [5.74, 6) is 0. The van der Waals surface area contributed by atoms with Crippen molar-refractivity contribution in [3.8, 4) is 0 Å². The smallest absolute Gasteiger partial charge is 0.288 e. The van der Waals surface area contributed by atoms with E-state index in [0.29, 0.717) is 0 Å². The van der Waals surface area contributed by atoms with E-state index in [0.717, 1.165) is 30.9 Å². The van der Waals surface area contributed by atoms with Crippen LogP contribution in [0.4, 0.5) is 11.4 Å². The first-order chi connectivity index (χ1) is 9.97. The second-order valence-corrected chi connectivity index (χ2v) is 6.19. The number of hydrogen-bond donors (Lipinski definition) is 1. The van der Waals surface area contributed by atoms with Crippen molar-refractivity contribution in [3.63, 3.8) is 0 Å². The van der Waals surface area contributed by atoms with Crippen LogP contribution in [0.15, 0.2) is 12.1 Å². The van der Waals surface area contributed by atoms with E-state index in [9.17, 15) is 10.1 Å². The van der Waals surface area contributed by atoms with Crippen molar-refractivity contribution in [3.05, 3.63) is 32.8 Å². The zero-order chi connectivity index (χ0) is 15.4. The molecule has 21 heavy (non-hydrogen) atoms. The maximum absolute atomic E-state index is 10.9. The van der Waals surface area contributed by atoms with Gasteiger partial charge in [-0.1, -0.05) is 18.0 Å². The van der Waals surface area contributed by atoms with Gasteiger partial charge < -0.3 is 10.2 Å². The fraction of sp³-hybridized carbons (Fsp3) is 0.600. The Hall–Kier alpha value is -1.33. The van der Waals surface area contributed by atoms with Crippen LogP contribution in [0.2, 0.25) is 5.02 Å². The van der Waals surface area contributed by atoms with Crippen molar-refractivity contribution in [2.75, 3.05) is 25.0 Å². The second-order valence-electron chi connectivity index (χ2n) is 5.78. The zero-order valence-electron chi connectivity index (χ0n) is 12.6. The summed E-state index contributed by atoms with van der Waals surface area (Å²) < 4.78 is 0. The number of rotatable bonds is 5. The Balaban J connectivity index is 2.01. The second kappa shape index (κ2) is 7.09. The maximum Gasteiger partial charge on any atom is 0.288 e. The molecular weight excluding hydrogens is 290 g/mol. The molecule has 1 saturated heterocycles. The van der Waals surface area contributed by atoms with Crippen LogP contribution in [-0.2, 0) is 0 Å². The van der Waals surface area contributed by atoms with E-state index in [1.54, 1.807) is 6.07 Å². The standard InChI is InChI=1S/C15H22ClN3O2/c1-11-8-15(19(20)21)13(16)9-14(11)17-12(2)10-18-6-4-3-5-7-18/h8-9,12,17H,3-7,10H2,1-2H3. The van der Waals surface area contributed by atoms with Crippen molar-refractivity contribution in [2.24, 2.45) is 0 Å². The SMILES string of the molecule is Cc1cc([N+](=O)[O-])c(Cl)cc1NC(C)CN1CCCCC1. The van der Waals surface area contributed by atoms with Gasteiger partial charge in [-0.2, -0.15) is 0 Å². The van der Waals surface area contributed by atoms with Gasteiger partial charge in [0.15, 0.2) is 0 Å². The average molecular weight is 312 g/mol. The van der Waals surface area contributed by atoms with Gasteiger partial charge in [0, 0.05) is 24.3 Å². The summed E-state index contributed by atoms with van der Waals surface area (Å²) in [6, 6.07) is 3.46. The molecule has 1 N–H and O–H groups in total. The van der Waals surface area contributed by atoms with Gasteiger partial charge in [0.2, 0.25) is 0 Å². The average Bonchev–Trinajstić information content (AvgIpc) is 2.43. The Kier molecular flexibility index (Phi) is 5.42. The molecular formula is C15H22ClN3O2. The molecule has 1 aliphatic heterocycles. The van der Waals surface area contributed by atoms with Gasteiger partial charge in [0.1, 0.15) is 5.02 Å². The van der Waals surface area contributed by atoms with Crippen LogP contribution in [0.5, 0.6) is 0 Å². The van der Waals surface area contributed by atoms with Gasteiger partial charge in [0.25, 0.3) is 5.69 Å². The Morgan fingerprint density at radius 3 is 2.67 bits per heavy atom. The molecule has 0 aliphatic carbocycles. The van der Waals surface area contributed by atoms with Gasteiger partial charge in [0.05, 0.1) is 4.92 Å². The van der Waals surface area contributed by atoms with E-state index in [2.05, 4.69) is 17.1 Å². The van der Waals surface area contributed by atoms with Crippen LogP contribution in [0.3, 0.4) is 0 Å². The van der Waals surface area contributed by atoms with Crippen LogP contribution in [0.25, 0.3) is 0 Å². The molecule has 1 aliphatic rings. The number of piperidine rings is 1. The largest absolute Gasteiger partial charge is 0.381 e. The number of hydrogen-bond acceptors (Lipinski definition) is 4. The van der Waals surface area contributed by atoms with Crippen molar-refractivity contribution in [2.45, 2.75) is 39.2 Å². The molecule has 6 heteroatoms. The van der Waals surface area contributed by atoms with Crippen LogP contribution >= 0.6 is 11.6 Å². The zero-order valence-corrected chi connectivity index (χ0v) is 13.3. The third-order valence-corrected chi connectivity index (χ3v) is 4.18. The minimum Gasteiger partial charge on any atom is -0.381 e. The molecule has 5 nitrogen and oxygen atoms in total. The summed E-state index contributed by atoms with van der Waals surface area (Å²) in [6.45, 7) is 7.29. The lowest BCUT2D eigenvalue weighted by molar-refractivity contribution is -0.384. The predicted molar refractivity (Wildman–Crippen MR) is 86.2 cm³/mol. The predicted octanol–water partition coefficient (Wildman–Crippen LogP) is 3.84. The summed E-state index contributed by atoms with van der Waals surface area (Å²) in [4.78, 5) is 12.9. The van der Waals surface area contributed by atoms with Crippen molar-refractivity contribution in [1.29, 1.82) is 0 Å². The normalized spacial score (nSPS) is 17.5. The van der Waals surface area contributed by atoms with Crippen molar-refractivity contribution < 1.29 is 4.92 Å². The van der Waals surface area contributed by atoms with E-state index in [1.165, 1.54) is 25.3 Å². The molecule has 1 heterocycles. The first-order valence-electron chi connectivity index (χ1n) is 7.41. The molecule has 0 amide bonds. The number of benzene rings is 1. The first-order valence-corrected chi connectivity index (χ1v) is 7.78. The fourth-order valence-corrected chi connectivity index (χ4v) is 3.03. The molecule has 1 aromatic rings. The number of nitrogens with zero attached hydrogens (tertiary/aromatic N) is 2. The van der Waals surface area contributed by atoms with Gasteiger partial charge in [-0.25, -0.2) is 0 Å². The maximum atomic E-state index is 10.9. The molecule has 0 bridgehead atoms. The molecule has 116 valence electrons. The molecule has 1 atom stereocenters. The molecule has 0 saturated carbocycles. The lowest BCUT2D eigenvalue weighted by atomic mass is 10.1. The number of anilines is 1. The van der Waals surface area contributed by atoms with E-state index in [-0.39, 0.29) is 16.8 Å². The third kappa shape index (κ3) is 4.32. The first kappa shape index (κ1) is 16.0.